The van der Waals surface area contributed by atoms with Crippen molar-refractivity contribution in [2.24, 2.45) is 0 Å². The van der Waals surface area contributed by atoms with E-state index >= 15 is 0 Å². The molecule has 2 aliphatic rings. The Hall–Kier alpha value is -3.05. The second kappa shape index (κ2) is 8.47. The van der Waals surface area contributed by atoms with Gasteiger partial charge >= 0.3 is 0 Å². The molecule has 32 heavy (non-hydrogen) atoms. The zero-order valence-electron chi connectivity index (χ0n) is 19.0. The number of allylic oxidation sites excluding steroid dienone is 1. The van der Waals surface area contributed by atoms with Gasteiger partial charge < -0.3 is 19.4 Å². The van der Waals surface area contributed by atoms with E-state index in [-0.39, 0.29) is 11.9 Å². The summed E-state index contributed by atoms with van der Waals surface area (Å²) in [5, 5.41) is 4.26. The molecule has 5 heteroatoms. The van der Waals surface area contributed by atoms with Crippen LogP contribution >= 0.6 is 0 Å². The molecule has 1 aromatic heterocycles. The number of carbonyl (C=O) groups excluding carboxylic acids is 1. The van der Waals surface area contributed by atoms with Crippen molar-refractivity contribution in [3.05, 3.63) is 64.7 Å². The highest BCUT2D eigenvalue weighted by Crippen LogP contribution is 2.35. The summed E-state index contributed by atoms with van der Waals surface area (Å²) in [6.45, 7) is 6.79. The molecule has 5 nitrogen and oxygen atoms in total. The van der Waals surface area contributed by atoms with E-state index in [1.807, 2.05) is 31.2 Å². The number of nitrogens with zero attached hydrogens (tertiary/aromatic N) is 1. The van der Waals surface area contributed by atoms with Crippen LogP contribution in [0.15, 0.2) is 52.5 Å². The van der Waals surface area contributed by atoms with Crippen molar-refractivity contribution < 1.29 is 13.9 Å². The number of hydrogen-bond acceptors (Lipinski definition) is 4. The molecule has 1 saturated heterocycles. The molecule has 166 valence electrons. The highest BCUT2D eigenvalue weighted by Gasteiger charge is 2.20. The van der Waals surface area contributed by atoms with Crippen LogP contribution in [-0.2, 0) is 6.42 Å². The topological polar surface area (TPSA) is 54.7 Å². The lowest BCUT2D eigenvalue weighted by molar-refractivity contribution is 0.0917. The molecular formula is C27H30N2O3. The van der Waals surface area contributed by atoms with Crippen LogP contribution in [0.5, 0.6) is 5.75 Å². The summed E-state index contributed by atoms with van der Waals surface area (Å²) in [4.78, 5) is 15.1. The highest BCUT2D eigenvalue weighted by atomic mass is 16.5. The number of hydrogen-bond donors (Lipinski definition) is 1. The second-order valence-corrected chi connectivity index (χ2v) is 9.23. The fourth-order valence-electron chi connectivity index (χ4n) is 4.58. The van der Waals surface area contributed by atoms with Gasteiger partial charge in [0.15, 0.2) is 0 Å². The predicted octanol–water partition coefficient (Wildman–Crippen LogP) is 5.11. The van der Waals surface area contributed by atoms with E-state index in [4.69, 9.17) is 9.15 Å². The fourth-order valence-corrected chi connectivity index (χ4v) is 4.58. The van der Waals surface area contributed by atoms with Crippen LogP contribution in [0.25, 0.3) is 22.3 Å². The Bertz CT molecular complexity index is 1200. The highest BCUT2D eigenvalue weighted by molar-refractivity contribution is 5.95. The molecule has 0 saturated carbocycles. The molecule has 0 unspecified atom stereocenters. The van der Waals surface area contributed by atoms with Crippen molar-refractivity contribution in [2.75, 3.05) is 26.7 Å². The van der Waals surface area contributed by atoms with Crippen LogP contribution in [0.2, 0.25) is 0 Å². The summed E-state index contributed by atoms with van der Waals surface area (Å²) in [5.41, 5.74) is 5.97. The van der Waals surface area contributed by atoms with Gasteiger partial charge in [0.1, 0.15) is 23.7 Å². The van der Waals surface area contributed by atoms with E-state index in [0.29, 0.717) is 12.2 Å². The van der Waals surface area contributed by atoms with Crippen molar-refractivity contribution in [2.45, 2.75) is 39.2 Å². The lowest BCUT2D eigenvalue weighted by atomic mass is 10.0. The molecule has 0 radical (unpaired) electrons. The maximum atomic E-state index is 12.8. The first-order chi connectivity index (χ1) is 15.5. The molecule has 1 fully saturated rings. The van der Waals surface area contributed by atoms with E-state index in [1.54, 1.807) is 0 Å². The van der Waals surface area contributed by atoms with Crippen LogP contribution in [0.3, 0.4) is 0 Å². The maximum absolute atomic E-state index is 12.8. The zero-order chi connectivity index (χ0) is 22.2. The van der Waals surface area contributed by atoms with E-state index in [1.165, 1.54) is 11.1 Å². The number of carbonyl (C=O) groups is 1. The van der Waals surface area contributed by atoms with Gasteiger partial charge in [-0.1, -0.05) is 12.1 Å². The molecule has 0 spiro atoms. The first-order valence-corrected chi connectivity index (χ1v) is 11.4. The lowest BCUT2D eigenvalue weighted by Crippen LogP contribution is -2.43. The molecule has 0 aliphatic carbocycles. The third kappa shape index (κ3) is 4.17. The standard InChI is InChI=1S/C27H30N2O3/c1-17-4-5-19-13-21-14-26(32-25(21)15-24(19)31-16-17)23-7-6-20(12-18(23)2)27(30)28-22-8-10-29(3)11-9-22/h4,6-7,12-15,22H,5,8-11,16H2,1-3H3,(H,28,30). The van der Waals surface area contributed by atoms with Crippen LogP contribution in [-0.4, -0.2) is 43.6 Å². The van der Waals surface area contributed by atoms with Crippen LogP contribution in [0.4, 0.5) is 0 Å². The third-order valence-corrected chi connectivity index (χ3v) is 6.63. The van der Waals surface area contributed by atoms with Crippen molar-refractivity contribution in [3.8, 4) is 17.1 Å². The summed E-state index contributed by atoms with van der Waals surface area (Å²) in [6.07, 6.45) is 5.10. The minimum Gasteiger partial charge on any atom is -0.489 e. The van der Waals surface area contributed by atoms with Gasteiger partial charge in [-0.05, 0) is 94.2 Å². The van der Waals surface area contributed by atoms with Crippen molar-refractivity contribution >= 4 is 16.9 Å². The Balaban J connectivity index is 1.37. The van der Waals surface area contributed by atoms with Crippen LogP contribution < -0.4 is 10.1 Å². The molecule has 3 heterocycles. The Labute approximate surface area is 189 Å². The van der Waals surface area contributed by atoms with Crippen molar-refractivity contribution in [3.63, 3.8) is 0 Å². The molecule has 5 rings (SSSR count). The largest absolute Gasteiger partial charge is 0.489 e. The number of fused-ring (bicyclic) bond motifs is 2. The molecule has 2 aliphatic heterocycles. The Morgan fingerprint density at radius 1 is 1.09 bits per heavy atom. The van der Waals surface area contributed by atoms with E-state index in [9.17, 15) is 4.79 Å². The maximum Gasteiger partial charge on any atom is 0.251 e. The van der Waals surface area contributed by atoms with Gasteiger partial charge in [0.05, 0.1) is 0 Å². The fraction of sp³-hybridized carbons (Fsp3) is 0.370. The van der Waals surface area contributed by atoms with Gasteiger partial charge in [-0.25, -0.2) is 0 Å². The summed E-state index contributed by atoms with van der Waals surface area (Å²) in [6, 6.07) is 12.3. The van der Waals surface area contributed by atoms with Crippen LogP contribution in [0, 0.1) is 6.92 Å². The third-order valence-electron chi connectivity index (χ3n) is 6.63. The predicted molar refractivity (Wildman–Crippen MR) is 127 cm³/mol. The van der Waals surface area contributed by atoms with Crippen molar-refractivity contribution in [1.82, 2.24) is 10.2 Å². The Morgan fingerprint density at radius 3 is 2.69 bits per heavy atom. The van der Waals surface area contributed by atoms with E-state index in [0.717, 1.165) is 66.0 Å². The van der Waals surface area contributed by atoms with Gasteiger partial charge in [-0.15, -0.1) is 0 Å². The van der Waals surface area contributed by atoms with Gasteiger partial charge in [0.25, 0.3) is 5.91 Å². The number of nitrogens with one attached hydrogen (secondary N) is 1. The number of aryl methyl sites for hydroxylation is 1. The van der Waals surface area contributed by atoms with Gasteiger partial charge in [0, 0.05) is 28.6 Å². The number of rotatable bonds is 3. The monoisotopic (exact) mass is 430 g/mol. The van der Waals surface area contributed by atoms with Crippen LogP contribution in [0.1, 0.15) is 41.3 Å². The zero-order valence-corrected chi connectivity index (χ0v) is 19.0. The summed E-state index contributed by atoms with van der Waals surface area (Å²) in [7, 11) is 2.12. The molecule has 0 bridgehead atoms. The number of amides is 1. The Kier molecular flexibility index (Phi) is 5.51. The van der Waals surface area contributed by atoms with Gasteiger partial charge in [0.2, 0.25) is 0 Å². The minimum atomic E-state index is 0.00282. The number of likely N-dealkylation sites (tertiary alicyclic amines) is 1. The SMILES string of the molecule is CC1=CCc2cc3cc(-c4ccc(C(=O)NC5CCN(C)CC5)cc4C)oc3cc2OC1. The first-order valence-electron chi connectivity index (χ1n) is 11.4. The number of benzene rings is 2. The number of furan rings is 1. The molecule has 3 aromatic rings. The minimum absolute atomic E-state index is 0.00282. The molecular weight excluding hydrogens is 400 g/mol. The van der Waals surface area contributed by atoms with Crippen molar-refractivity contribution in [1.29, 1.82) is 0 Å². The summed E-state index contributed by atoms with van der Waals surface area (Å²) >= 11 is 0. The molecule has 0 atom stereocenters. The second-order valence-electron chi connectivity index (χ2n) is 9.23. The molecule has 2 aromatic carbocycles. The average molecular weight is 431 g/mol. The smallest absolute Gasteiger partial charge is 0.251 e. The molecule has 1 N–H and O–H groups in total. The summed E-state index contributed by atoms with van der Waals surface area (Å²) in [5.74, 6) is 1.71. The first kappa shape index (κ1) is 20.8. The normalized spacial score (nSPS) is 17.4. The van der Waals surface area contributed by atoms with E-state index < -0.39 is 0 Å². The lowest BCUT2D eigenvalue weighted by Gasteiger charge is -2.29. The Morgan fingerprint density at radius 2 is 1.91 bits per heavy atom. The number of ether oxygens (including phenoxy) is 1. The van der Waals surface area contributed by atoms with Gasteiger partial charge in [-0.3, -0.25) is 4.79 Å². The van der Waals surface area contributed by atoms with Gasteiger partial charge in [-0.2, -0.15) is 0 Å². The summed E-state index contributed by atoms with van der Waals surface area (Å²) < 4.78 is 12.1. The molecule has 1 amide bonds. The van der Waals surface area contributed by atoms with E-state index in [2.05, 4.69) is 42.4 Å². The number of piperidine rings is 1. The average Bonchev–Trinajstić information content (AvgIpc) is 3.10. The quantitative estimate of drug-likeness (QED) is 0.587.